The van der Waals surface area contributed by atoms with Gasteiger partial charge in [0.15, 0.2) is 0 Å². The highest BCUT2D eigenvalue weighted by Gasteiger charge is 2.31. The molecular weight excluding hydrogens is 484 g/mol. The Labute approximate surface area is 235 Å². The zero-order valence-electron chi connectivity index (χ0n) is 22.2. The summed E-state index contributed by atoms with van der Waals surface area (Å²) in [5.74, 6) is 0. The Morgan fingerprint density at radius 3 is 1.75 bits per heavy atom. The molecule has 2 heteroatoms. The van der Waals surface area contributed by atoms with Crippen LogP contribution in [0.4, 0.5) is 0 Å². The van der Waals surface area contributed by atoms with Gasteiger partial charge in [-0.1, -0.05) is 158 Å². The molecule has 0 aromatic heterocycles. The molecule has 2 unspecified atom stereocenters. The molecule has 0 bridgehead atoms. The van der Waals surface area contributed by atoms with Crippen molar-refractivity contribution in [2.75, 3.05) is 0 Å². The summed E-state index contributed by atoms with van der Waals surface area (Å²) in [5, 5.41) is 10.4. The Balaban J connectivity index is 1.33. The minimum atomic E-state index is -0.0607. The Kier molecular flexibility index (Phi) is 6.45. The minimum Gasteiger partial charge on any atom is -0.365 e. The SMILES string of the molecule is c1ccc(C2=C(c3ccccc3)C(c3ccccc3)NC(c3ccc(-c4cccc5ccccc45)cc3)N2)cc1. The standard InChI is InChI=1S/C38H30N2/c1-4-14-29(15-5-1)35-36(30-16-6-2-7-17-30)39-38(40-37(35)31-18-8-3-9-19-31)32-25-23-28(24-26-32)34-22-12-20-27-13-10-11-21-33(27)34/h1-26,36,38-40H. The van der Waals surface area contributed by atoms with E-state index in [-0.39, 0.29) is 12.2 Å². The van der Waals surface area contributed by atoms with Crippen molar-refractivity contribution in [1.29, 1.82) is 0 Å². The molecule has 2 N–H and O–H groups in total. The number of hydrogen-bond acceptors (Lipinski definition) is 2. The summed E-state index contributed by atoms with van der Waals surface area (Å²) in [7, 11) is 0. The van der Waals surface area contributed by atoms with Crippen LogP contribution < -0.4 is 10.6 Å². The van der Waals surface area contributed by atoms with Gasteiger partial charge in [-0.15, -0.1) is 0 Å². The molecule has 7 rings (SSSR count). The van der Waals surface area contributed by atoms with E-state index in [2.05, 4.69) is 168 Å². The zero-order chi connectivity index (χ0) is 26.7. The predicted molar refractivity (Wildman–Crippen MR) is 167 cm³/mol. The molecule has 6 aromatic rings. The molecule has 1 aliphatic heterocycles. The maximum absolute atomic E-state index is 3.95. The normalized spacial score (nSPS) is 17.0. The van der Waals surface area contributed by atoms with E-state index in [0.29, 0.717) is 0 Å². The summed E-state index contributed by atoms with van der Waals surface area (Å²) in [5.41, 5.74) is 9.72. The molecule has 0 saturated heterocycles. The monoisotopic (exact) mass is 514 g/mol. The third kappa shape index (κ3) is 4.59. The average Bonchev–Trinajstić information content (AvgIpc) is 3.05. The first-order chi connectivity index (χ1) is 19.8. The van der Waals surface area contributed by atoms with Gasteiger partial charge in [0.1, 0.15) is 6.17 Å². The highest BCUT2D eigenvalue weighted by Crippen LogP contribution is 2.41. The Morgan fingerprint density at radius 2 is 1.02 bits per heavy atom. The molecule has 40 heavy (non-hydrogen) atoms. The predicted octanol–water partition coefficient (Wildman–Crippen LogP) is 9.01. The van der Waals surface area contributed by atoms with Gasteiger partial charge in [0.2, 0.25) is 0 Å². The fourth-order valence-electron chi connectivity index (χ4n) is 5.85. The maximum atomic E-state index is 3.95. The highest BCUT2D eigenvalue weighted by atomic mass is 15.2. The second-order valence-electron chi connectivity index (χ2n) is 10.3. The topological polar surface area (TPSA) is 24.1 Å². The van der Waals surface area contributed by atoms with Crippen LogP contribution in [0.5, 0.6) is 0 Å². The van der Waals surface area contributed by atoms with Crippen molar-refractivity contribution in [3.8, 4) is 11.1 Å². The zero-order valence-corrected chi connectivity index (χ0v) is 22.2. The van der Waals surface area contributed by atoms with Crippen LogP contribution in [0.1, 0.15) is 34.5 Å². The molecule has 192 valence electrons. The van der Waals surface area contributed by atoms with Gasteiger partial charge in [-0.2, -0.15) is 0 Å². The van der Waals surface area contributed by atoms with Gasteiger partial charge in [-0.3, -0.25) is 5.32 Å². The van der Waals surface area contributed by atoms with Gasteiger partial charge in [0.25, 0.3) is 0 Å². The van der Waals surface area contributed by atoms with Gasteiger partial charge in [0, 0.05) is 11.3 Å². The van der Waals surface area contributed by atoms with Gasteiger partial charge < -0.3 is 5.32 Å². The van der Waals surface area contributed by atoms with Gasteiger partial charge in [-0.05, 0) is 44.2 Å². The van der Waals surface area contributed by atoms with Gasteiger partial charge in [0.05, 0.1) is 6.04 Å². The van der Waals surface area contributed by atoms with Crippen LogP contribution in [0.25, 0.3) is 33.2 Å². The molecule has 0 spiro atoms. The van der Waals surface area contributed by atoms with Crippen molar-refractivity contribution in [3.63, 3.8) is 0 Å². The number of benzene rings is 6. The summed E-state index contributed by atoms with van der Waals surface area (Å²) in [6, 6.07) is 56.3. The lowest BCUT2D eigenvalue weighted by molar-refractivity contribution is 0.452. The molecule has 0 amide bonds. The summed E-state index contributed by atoms with van der Waals surface area (Å²) < 4.78 is 0. The quantitative estimate of drug-likeness (QED) is 0.240. The number of fused-ring (bicyclic) bond motifs is 1. The van der Waals surface area contributed by atoms with Crippen molar-refractivity contribution in [2.24, 2.45) is 0 Å². The fourth-order valence-corrected chi connectivity index (χ4v) is 5.85. The van der Waals surface area contributed by atoms with Crippen LogP contribution in [0, 0.1) is 0 Å². The number of nitrogens with one attached hydrogen (secondary N) is 2. The maximum Gasteiger partial charge on any atom is 0.104 e. The van der Waals surface area contributed by atoms with E-state index in [9.17, 15) is 0 Å². The van der Waals surface area contributed by atoms with E-state index in [1.165, 1.54) is 49.7 Å². The molecule has 6 aromatic carbocycles. The van der Waals surface area contributed by atoms with E-state index in [1.54, 1.807) is 0 Å². The van der Waals surface area contributed by atoms with E-state index in [1.807, 2.05) is 0 Å². The molecule has 0 fully saturated rings. The first-order valence-electron chi connectivity index (χ1n) is 13.9. The minimum absolute atomic E-state index is 0.0165. The van der Waals surface area contributed by atoms with Crippen LogP contribution in [0.15, 0.2) is 158 Å². The van der Waals surface area contributed by atoms with Crippen LogP contribution in [-0.4, -0.2) is 0 Å². The fraction of sp³-hybridized carbons (Fsp3) is 0.0526. The summed E-state index contributed by atoms with van der Waals surface area (Å²) in [6.07, 6.45) is -0.0607. The molecular formula is C38H30N2. The number of hydrogen-bond donors (Lipinski definition) is 2. The lowest BCUT2D eigenvalue weighted by atomic mass is 9.86. The number of rotatable bonds is 5. The molecule has 0 aliphatic carbocycles. The van der Waals surface area contributed by atoms with E-state index in [4.69, 9.17) is 0 Å². The average molecular weight is 515 g/mol. The molecule has 0 saturated carbocycles. The summed E-state index contributed by atoms with van der Waals surface area (Å²) in [4.78, 5) is 0. The Morgan fingerprint density at radius 1 is 0.425 bits per heavy atom. The molecule has 0 radical (unpaired) electrons. The van der Waals surface area contributed by atoms with E-state index in [0.717, 1.165) is 5.70 Å². The van der Waals surface area contributed by atoms with Crippen molar-refractivity contribution in [2.45, 2.75) is 12.2 Å². The summed E-state index contributed by atoms with van der Waals surface area (Å²) >= 11 is 0. The molecule has 2 atom stereocenters. The van der Waals surface area contributed by atoms with Crippen LogP contribution in [-0.2, 0) is 0 Å². The first-order valence-corrected chi connectivity index (χ1v) is 13.9. The smallest absolute Gasteiger partial charge is 0.104 e. The molecule has 1 heterocycles. The largest absolute Gasteiger partial charge is 0.365 e. The van der Waals surface area contributed by atoms with Crippen molar-refractivity contribution in [1.82, 2.24) is 10.6 Å². The molecule has 2 nitrogen and oxygen atoms in total. The first kappa shape index (κ1) is 24.1. The van der Waals surface area contributed by atoms with E-state index >= 15 is 0 Å². The third-order valence-electron chi connectivity index (χ3n) is 7.80. The highest BCUT2D eigenvalue weighted by molar-refractivity contribution is 5.97. The Bertz CT molecular complexity index is 1770. The summed E-state index contributed by atoms with van der Waals surface area (Å²) in [6.45, 7) is 0. The van der Waals surface area contributed by atoms with Crippen LogP contribution in [0.2, 0.25) is 0 Å². The van der Waals surface area contributed by atoms with Crippen molar-refractivity contribution >= 4 is 22.0 Å². The lowest BCUT2D eigenvalue weighted by Gasteiger charge is -2.38. The van der Waals surface area contributed by atoms with Gasteiger partial charge >= 0.3 is 0 Å². The van der Waals surface area contributed by atoms with Crippen molar-refractivity contribution in [3.05, 3.63) is 180 Å². The van der Waals surface area contributed by atoms with Crippen molar-refractivity contribution < 1.29 is 0 Å². The Hall–Kier alpha value is -4.92. The third-order valence-corrected chi connectivity index (χ3v) is 7.80. The van der Waals surface area contributed by atoms with Crippen LogP contribution in [0.3, 0.4) is 0 Å². The van der Waals surface area contributed by atoms with Crippen LogP contribution >= 0.6 is 0 Å². The second kappa shape index (κ2) is 10.7. The van der Waals surface area contributed by atoms with Gasteiger partial charge in [-0.25, -0.2) is 0 Å². The lowest BCUT2D eigenvalue weighted by Crippen LogP contribution is -2.41. The second-order valence-corrected chi connectivity index (χ2v) is 10.3. The molecule has 1 aliphatic rings. The van der Waals surface area contributed by atoms with E-state index < -0.39 is 0 Å².